The van der Waals surface area contributed by atoms with Crippen LogP contribution in [0.5, 0.6) is 0 Å². The first-order valence-corrected chi connectivity index (χ1v) is 5.98. The third kappa shape index (κ3) is 4.99. The molecule has 0 fully saturated rings. The van der Waals surface area contributed by atoms with Crippen molar-refractivity contribution in [1.29, 1.82) is 0 Å². The fourth-order valence-corrected chi connectivity index (χ4v) is 1.18. The maximum atomic E-state index is 9.15. The van der Waals surface area contributed by atoms with E-state index in [4.69, 9.17) is 5.11 Å². The van der Waals surface area contributed by atoms with Crippen LogP contribution in [0.1, 0.15) is 27.2 Å². The lowest BCUT2D eigenvalue weighted by Crippen LogP contribution is -2.27. The standard InChI is InChI=1S/C12H22N4O/c1-4-5-14-10-6-13-7-11(16-10)15-8-12(2,3)9-17/h6-7,17H,4-5,8-9H2,1-3H3,(H2,14,15,16). The molecule has 3 N–H and O–H groups in total. The zero-order valence-electron chi connectivity index (χ0n) is 10.8. The Balaban J connectivity index is 2.53. The van der Waals surface area contributed by atoms with Gasteiger partial charge in [0.2, 0.25) is 0 Å². The number of anilines is 2. The number of aliphatic hydroxyl groups excluding tert-OH is 1. The van der Waals surface area contributed by atoms with Gasteiger partial charge in [0.1, 0.15) is 11.6 Å². The largest absolute Gasteiger partial charge is 0.396 e. The highest BCUT2D eigenvalue weighted by molar-refractivity contribution is 5.41. The van der Waals surface area contributed by atoms with Crippen LogP contribution in [0.15, 0.2) is 12.4 Å². The summed E-state index contributed by atoms with van der Waals surface area (Å²) < 4.78 is 0. The quantitative estimate of drug-likeness (QED) is 0.675. The SMILES string of the molecule is CCCNc1cncc(NCC(C)(C)CO)n1. The topological polar surface area (TPSA) is 70.1 Å². The predicted octanol–water partition coefficient (Wildman–Crippen LogP) is 1.73. The van der Waals surface area contributed by atoms with E-state index in [0.29, 0.717) is 6.54 Å². The second-order valence-electron chi connectivity index (χ2n) is 4.89. The Labute approximate surface area is 103 Å². The smallest absolute Gasteiger partial charge is 0.146 e. The van der Waals surface area contributed by atoms with Gasteiger partial charge in [-0.05, 0) is 6.42 Å². The van der Waals surface area contributed by atoms with Crippen LogP contribution in [0, 0.1) is 5.41 Å². The van der Waals surface area contributed by atoms with Crippen LogP contribution in [0.2, 0.25) is 0 Å². The molecule has 17 heavy (non-hydrogen) atoms. The highest BCUT2D eigenvalue weighted by atomic mass is 16.3. The zero-order valence-corrected chi connectivity index (χ0v) is 10.8. The summed E-state index contributed by atoms with van der Waals surface area (Å²) >= 11 is 0. The van der Waals surface area contributed by atoms with E-state index in [2.05, 4.69) is 27.5 Å². The molecular formula is C12H22N4O. The first-order chi connectivity index (χ1) is 8.07. The predicted molar refractivity (Wildman–Crippen MR) is 70.2 cm³/mol. The molecule has 1 aromatic rings. The van der Waals surface area contributed by atoms with Gasteiger partial charge in [-0.1, -0.05) is 20.8 Å². The van der Waals surface area contributed by atoms with Gasteiger partial charge in [-0.25, -0.2) is 4.98 Å². The first kappa shape index (κ1) is 13.7. The van der Waals surface area contributed by atoms with Gasteiger partial charge in [-0.15, -0.1) is 0 Å². The Hall–Kier alpha value is -1.36. The minimum absolute atomic E-state index is 0.140. The number of nitrogens with zero attached hydrogens (tertiary/aromatic N) is 2. The van der Waals surface area contributed by atoms with Crippen molar-refractivity contribution in [2.75, 3.05) is 30.3 Å². The number of rotatable bonds is 7. The van der Waals surface area contributed by atoms with Crippen LogP contribution in [-0.4, -0.2) is 34.8 Å². The molecule has 1 aromatic heterocycles. The van der Waals surface area contributed by atoms with Crippen molar-refractivity contribution in [2.45, 2.75) is 27.2 Å². The van der Waals surface area contributed by atoms with E-state index < -0.39 is 0 Å². The van der Waals surface area contributed by atoms with Crippen molar-refractivity contribution < 1.29 is 5.11 Å². The van der Waals surface area contributed by atoms with E-state index >= 15 is 0 Å². The number of hydrogen-bond donors (Lipinski definition) is 3. The molecule has 0 radical (unpaired) electrons. The molecule has 0 amide bonds. The molecule has 0 atom stereocenters. The molecule has 0 saturated carbocycles. The lowest BCUT2D eigenvalue weighted by Gasteiger charge is -2.22. The number of aromatic nitrogens is 2. The molecule has 0 unspecified atom stereocenters. The third-order valence-electron chi connectivity index (χ3n) is 2.37. The third-order valence-corrected chi connectivity index (χ3v) is 2.37. The summed E-state index contributed by atoms with van der Waals surface area (Å²) in [5.41, 5.74) is -0.158. The van der Waals surface area contributed by atoms with Gasteiger partial charge < -0.3 is 15.7 Å². The molecule has 5 nitrogen and oxygen atoms in total. The maximum absolute atomic E-state index is 9.15. The molecule has 0 aliphatic heterocycles. The summed E-state index contributed by atoms with van der Waals surface area (Å²) in [6, 6.07) is 0. The van der Waals surface area contributed by atoms with Crippen molar-refractivity contribution in [3.05, 3.63) is 12.4 Å². The lowest BCUT2D eigenvalue weighted by atomic mass is 9.95. The first-order valence-electron chi connectivity index (χ1n) is 5.98. The van der Waals surface area contributed by atoms with E-state index in [1.54, 1.807) is 12.4 Å². The normalized spacial score (nSPS) is 11.3. The van der Waals surface area contributed by atoms with Crippen molar-refractivity contribution in [2.24, 2.45) is 5.41 Å². The van der Waals surface area contributed by atoms with E-state index in [0.717, 1.165) is 24.6 Å². The summed E-state index contributed by atoms with van der Waals surface area (Å²) in [7, 11) is 0. The van der Waals surface area contributed by atoms with Crippen LogP contribution in [0.25, 0.3) is 0 Å². The molecule has 96 valence electrons. The van der Waals surface area contributed by atoms with Gasteiger partial charge in [0, 0.05) is 25.1 Å². The number of aliphatic hydroxyl groups is 1. The van der Waals surface area contributed by atoms with Crippen LogP contribution in [-0.2, 0) is 0 Å². The number of hydrogen-bond acceptors (Lipinski definition) is 5. The van der Waals surface area contributed by atoms with Crippen molar-refractivity contribution in [3.63, 3.8) is 0 Å². The van der Waals surface area contributed by atoms with E-state index in [-0.39, 0.29) is 12.0 Å². The summed E-state index contributed by atoms with van der Waals surface area (Å²) in [6.45, 7) is 7.78. The monoisotopic (exact) mass is 238 g/mol. The van der Waals surface area contributed by atoms with Crippen molar-refractivity contribution in [3.8, 4) is 0 Å². The van der Waals surface area contributed by atoms with Gasteiger partial charge in [-0.2, -0.15) is 0 Å². The van der Waals surface area contributed by atoms with Crippen LogP contribution >= 0.6 is 0 Å². The van der Waals surface area contributed by atoms with Crippen molar-refractivity contribution >= 4 is 11.6 Å². The maximum Gasteiger partial charge on any atom is 0.146 e. The van der Waals surface area contributed by atoms with Gasteiger partial charge in [0.05, 0.1) is 12.4 Å². The number of nitrogens with one attached hydrogen (secondary N) is 2. The molecule has 0 aliphatic carbocycles. The minimum Gasteiger partial charge on any atom is -0.396 e. The molecule has 0 saturated heterocycles. The molecule has 1 heterocycles. The molecule has 0 spiro atoms. The van der Waals surface area contributed by atoms with Gasteiger partial charge in [0.25, 0.3) is 0 Å². The molecule has 0 bridgehead atoms. The van der Waals surface area contributed by atoms with Gasteiger partial charge in [0.15, 0.2) is 0 Å². The highest BCUT2D eigenvalue weighted by Crippen LogP contribution is 2.15. The van der Waals surface area contributed by atoms with Crippen LogP contribution < -0.4 is 10.6 Å². The Morgan fingerprint density at radius 1 is 1.24 bits per heavy atom. The fourth-order valence-electron chi connectivity index (χ4n) is 1.18. The summed E-state index contributed by atoms with van der Waals surface area (Å²) in [5, 5.41) is 15.5. The average Bonchev–Trinajstić information content (AvgIpc) is 2.35. The second kappa shape index (κ2) is 6.39. The molecule has 0 aromatic carbocycles. The molecule has 1 rings (SSSR count). The Bertz CT molecular complexity index is 341. The molecule has 5 heteroatoms. The average molecular weight is 238 g/mol. The Morgan fingerprint density at radius 2 is 1.88 bits per heavy atom. The van der Waals surface area contributed by atoms with Gasteiger partial charge >= 0.3 is 0 Å². The summed E-state index contributed by atoms with van der Waals surface area (Å²) in [5.74, 6) is 1.51. The lowest BCUT2D eigenvalue weighted by molar-refractivity contribution is 0.170. The van der Waals surface area contributed by atoms with Crippen LogP contribution in [0.3, 0.4) is 0 Å². The van der Waals surface area contributed by atoms with E-state index in [1.807, 2.05) is 13.8 Å². The van der Waals surface area contributed by atoms with Crippen LogP contribution in [0.4, 0.5) is 11.6 Å². The molecular weight excluding hydrogens is 216 g/mol. The summed E-state index contributed by atoms with van der Waals surface area (Å²) in [6.07, 6.45) is 4.44. The summed E-state index contributed by atoms with van der Waals surface area (Å²) in [4.78, 5) is 8.50. The van der Waals surface area contributed by atoms with E-state index in [9.17, 15) is 0 Å². The Kier molecular flexibility index (Phi) is 5.15. The zero-order chi connectivity index (χ0) is 12.7. The second-order valence-corrected chi connectivity index (χ2v) is 4.89. The van der Waals surface area contributed by atoms with Crippen molar-refractivity contribution in [1.82, 2.24) is 9.97 Å². The minimum atomic E-state index is -0.158. The highest BCUT2D eigenvalue weighted by Gasteiger charge is 2.16. The fraction of sp³-hybridized carbons (Fsp3) is 0.667. The van der Waals surface area contributed by atoms with Gasteiger partial charge in [-0.3, -0.25) is 4.98 Å². The molecule has 0 aliphatic rings. The van der Waals surface area contributed by atoms with E-state index in [1.165, 1.54) is 0 Å². The Morgan fingerprint density at radius 3 is 2.47 bits per heavy atom.